The zero-order valence-electron chi connectivity index (χ0n) is 9.58. The molecule has 84 valence electrons. The number of amides is 2. The number of urea groups is 1. The van der Waals surface area contributed by atoms with E-state index in [9.17, 15) is 4.79 Å². The van der Waals surface area contributed by atoms with Crippen molar-refractivity contribution in [1.82, 2.24) is 10.2 Å². The molecule has 1 unspecified atom stereocenters. The van der Waals surface area contributed by atoms with Crippen LogP contribution in [0, 0.1) is 5.92 Å². The van der Waals surface area contributed by atoms with E-state index in [0.717, 1.165) is 0 Å². The fraction of sp³-hybridized carbons (Fsp3) is 0.900. The maximum absolute atomic E-state index is 11.6. The van der Waals surface area contributed by atoms with Gasteiger partial charge in [-0.05, 0) is 19.8 Å². The van der Waals surface area contributed by atoms with Crippen molar-refractivity contribution in [3.8, 4) is 0 Å². The van der Waals surface area contributed by atoms with Crippen LogP contribution >= 0.6 is 0 Å². The second-order valence-corrected chi connectivity index (χ2v) is 3.79. The average Bonchev–Trinajstić information content (AvgIpc) is 2.13. The predicted octanol–water partition coefficient (Wildman–Crippen LogP) is 1.05. The number of hydrogen-bond donors (Lipinski definition) is 2. The van der Waals surface area contributed by atoms with Crippen molar-refractivity contribution in [3.63, 3.8) is 0 Å². The lowest BCUT2D eigenvalue weighted by molar-refractivity contribution is 0.175. The van der Waals surface area contributed by atoms with E-state index in [2.05, 4.69) is 19.2 Å². The Morgan fingerprint density at radius 3 is 2.36 bits per heavy atom. The van der Waals surface area contributed by atoms with Crippen molar-refractivity contribution in [1.29, 1.82) is 0 Å². The third kappa shape index (κ3) is 4.46. The van der Waals surface area contributed by atoms with E-state index in [1.807, 2.05) is 13.8 Å². The molecule has 14 heavy (non-hydrogen) atoms. The monoisotopic (exact) mass is 202 g/mol. The van der Waals surface area contributed by atoms with Crippen LogP contribution < -0.4 is 5.32 Å². The van der Waals surface area contributed by atoms with Crippen molar-refractivity contribution in [3.05, 3.63) is 0 Å². The Hall–Kier alpha value is -0.770. The fourth-order valence-corrected chi connectivity index (χ4v) is 0.977. The molecular weight excluding hydrogens is 180 g/mol. The highest BCUT2D eigenvalue weighted by Crippen LogP contribution is 2.00. The molecule has 0 aromatic rings. The van der Waals surface area contributed by atoms with Gasteiger partial charge in [0.1, 0.15) is 0 Å². The summed E-state index contributed by atoms with van der Waals surface area (Å²) in [6.45, 7) is 9.03. The minimum atomic E-state index is -0.0947. The van der Waals surface area contributed by atoms with Crippen LogP contribution in [0.1, 0.15) is 27.7 Å². The van der Waals surface area contributed by atoms with E-state index in [4.69, 9.17) is 5.11 Å². The summed E-state index contributed by atoms with van der Waals surface area (Å²) >= 11 is 0. The summed E-state index contributed by atoms with van der Waals surface area (Å²) in [4.78, 5) is 13.2. The van der Waals surface area contributed by atoms with Crippen LogP contribution in [-0.2, 0) is 0 Å². The summed E-state index contributed by atoms with van der Waals surface area (Å²) in [5, 5.41) is 11.6. The topological polar surface area (TPSA) is 52.6 Å². The van der Waals surface area contributed by atoms with Crippen LogP contribution in [0.25, 0.3) is 0 Å². The number of carbonyl (C=O) groups excluding carboxylic acids is 1. The summed E-state index contributed by atoms with van der Waals surface area (Å²) in [6.07, 6.45) is 0. The van der Waals surface area contributed by atoms with Gasteiger partial charge in [0.15, 0.2) is 0 Å². The van der Waals surface area contributed by atoms with Crippen LogP contribution in [0.5, 0.6) is 0 Å². The van der Waals surface area contributed by atoms with Crippen LogP contribution in [0.2, 0.25) is 0 Å². The van der Waals surface area contributed by atoms with Gasteiger partial charge in [-0.3, -0.25) is 0 Å². The number of likely N-dealkylation sites (N-methyl/N-ethyl adjacent to an activating group) is 1. The van der Waals surface area contributed by atoms with Crippen LogP contribution in [-0.4, -0.2) is 41.8 Å². The Morgan fingerprint density at radius 2 is 2.00 bits per heavy atom. The van der Waals surface area contributed by atoms with Gasteiger partial charge >= 0.3 is 6.03 Å². The SMILES string of the molecule is CCN(CCO)C(=O)NC(C)C(C)C. The molecule has 0 fully saturated rings. The van der Waals surface area contributed by atoms with Crippen molar-refractivity contribution in [2.45, 2.75) is 33.7 Å². The molecular formula is C10H22N2O2. The zero-order valence-corrected chi connectivity index (χ0v) is 9.58. The molecule has 0 aliphatic heterocycles. The molecule has 1 atom stereocenters. The zero-order chi connectivity index (χ0) is 11.1. The Labute approximate surface area is 86.3 Å². The van der Waals surface area contributed by atoms with E-state index < -0.39 is 0 Å². The van der Waals surface area contributed by atoms with Crippen LogP contribution in [0.15, 0.2) is 0 Å². The Kier molecular flexibility index (Phi) is 6.28. The number of hydrogen-bond acceptors (Lipinski definition) is 2. The number of aliphatic hydroxyl groups is 1. The molecule has 0 radical (unpaired) electrons. The number of nitrogens with zero attached hydrogens (tertiary/aromatic N) is 1. The van der Waals surface area contributed by atoms with E-state index >= 15 is 0 Å². The number of rotatable bonds is 5. The van der Waals surface area contributed by atoms with Gasteiger partial charge in [-0.2, -0.15) is 0 Å². The summed E-state index contributed by atoms with van der Waals surface area (Å²) < 4.78 is 0. The summed E-state index contributed by atoms with van der Waals surface area (Å²) in [6, 6.07) is 0.0676. The second-order valence-electron chi connectivity index (χ2n) is 3.79. The second kappa shape index (κ2) is 6.65. The molecule has 0 heterocycles. The maximum atomic E-state index is 11.6. The van der Waals surface area contributed by atoms with Gasteiger partial charge in [-0.25, -0.2) is 4.79 Å². The third-order valence-electron chi connectivity index (χ3n) is 2.39. The lowest BCUT2D eigenvalue weighted by Gasteiger charge is -2.24. The molecule has 0 aromatic heterocycles. The van der Waals surface area contributed by atoms with Crippen molar-refractivity contribution >= 4 is 6.03 Å². The van der Waals surface area contributed by atoms with Crippen molar-refractivity contribution in [2.24, 2.45) is 5.92 Å². The Bertz CT molecular complexity index is 172. The average molecular weight is 202 g/mol. The number of carbonyl (C=O) groups is 1. The minimum absolute atomic E-state index is 0.0112. The first kappa shape index (κ1) is 13.2. The highest BCUT2D eigenvalue weighted by atomic mass is 16.3. The van der Waals surface area contributed by atoms with Crippen molar-refractivity contribution in [2.75, 3.05) is 19.7 Å². The van der Waals surface area contributed by atoms with Gasteiger partial charge in [0.25, 0.3) is 0 Å². The lowest BCUT2D eigenvalue weighted by atomic mass is 10.1. The lowest BCUT2D eigenvalue weighted by Crippen LogP contribution is -2.46. The highest BCUT2D eigenvalue weighted by Gasteiger charge is 2.15. The van der Waals surface area contributed by atoms with Gasteiger partial charge in [0.05, 0.1) is 6.61 Å². The summed E-state index contributed by atoms with van der Waals surface area (Å²) in [7, 11) is 0. The first-order chi connectivity index (χ1) is 6.52. The first-order valence-electron chi connectivity index (χ1n) is 5.19. The molecule has 0 saturated heterocycles. The first-order valence-corrected chi connectivity index (χ1v) is 5.19. The van der Waals surface area contributed by atoms with E-state index in [-0.39, 0.29) is 18.7 Å². The maximum Gasteiger partial charge on any atom is 0.317 e. The minimum Gasteiger partial charge on any atom is -0.395 e. The van der Waals surface area contributed by atoms with Crippen molar-refractivity contribution < 1.29 is 9.90 Å². The van der Waals surface area contributed by atoms with E-state index in [1.54, 1.807) is 4.90 Å². The van der Waals surface area contributed by atoms with Gasteiger partial charge in [0, 0.05) is 19.1 Å². The number of aliphatic hydroxyl groups excluding tert-OH is 1. The van der Waals surface area contributed by atoms with E-state index in [0.29, 0.717) is 19.0 Å². The molecule has 0 aliphatic rings. The highest BCUT2D eigenvalue weighted by molar-refractivity contribution is 5.74. The third-order valence-corrected chi connectivity index (χ3v) is 2.39. The largest absolute Gasteiger partial charge is 0.395 e. The molecule has 2 amide bonds. The summed E-state index contributed by atoms with van der Waals surface area (Å²) in [5.41, 5.74) is 0. The molecule has 0 aromatic carbocycles. The molecule has 0 spiro atoms. The molecule has 0 bridgehead atoms. The smallest absolute Gasteiger partial charge is 0.317 e. The molecule has 4 nitrogen and oxygen atoms in total. The molecule has 0 saturated carbocycles. The molecule has 0 rings (SSSR count). The normalized spacial score (nSPS) is 12.7. The van der Waals surface area contributed by atoms with Gasteiger partial charge < -0.3 is 15.3 Å². The Morgan fingerprint density at radius 1 is 1.43 bits per heavy atom. The molecule has 0 aliphatic carbocycles. The van der Waals surface area contributed by atoms with Crippen LogP contribution in [0.3, 0.4) is 0 Å². The molecule has 4 heteroatoms. The fourth-order valence-electron chi connectivity index (χ4n) is 0.977. The van der Waals surface area contributed by atoms with Gasteiger partial charge in [-0.1, -0.05) is 13.8 Å². The molecule has 2 N–H and O–H groups in total. The quantitative estimate of drug-likeness (QED) is 0.700. The predicted molar refractivity (Wildman–Crippen MR) is 57.2 cm³/mol. The standard InChI is InChI=1S/C10H22N2O2/c1-5-12(6-7-13)10(14)11-9(4)8(2)3/h8-9,13H,5-7H2,1-4H3,(H,11,14). The van der Waals surface area contributed by atoms with E-state index in [1.165, 1.54) is 0 Å². The number of nitrogens with one attached hydrogen (secondary N) is 1. The summed E-state index contributed by atoms with van der Waals surface area (Å²) in [5.74, 6) is 0.423. The van der Waals surface area contributed by atoms with Gasteiger partial charge in [-0.15, -0.1) is 0 Å². The van der Waals surface area contributed by atoms with Crippen LogP contribution in [0.4, 0.5) is 4.79 Å². The van der Waals surface area contributed by atoms with Gasteiger partial charge in [0.2, 0.25) is 0 Å². The Balaban J connectivity index is 4.03.